The third-order valence-electron chi connectivity index (χ3n) is 5.58. The van der Waals surface area contributed by atoms with E-state index in [9.17, 15) is 19.5 Å². The average molecular weight is 389 g/mol. The Morgan fingerprint density at radius 1 is 1.33 bits per heavy atom. The maximum Gasteiger partial charge on any atom is 0.346 e. The lowest BCUT2D eigenvalue weighted by atomic mass is 9.79. The largest absolute Gasteiger partial charge is 0.477 e. The van der Waals surface area contributed by atoms with Crippen LogP contribution in [0, 0.1) is 12.8 Å². The van der Waals surface area contributed by atoms with Gasteiger partial charge in [0.15, 0.2) is 0 Å². The van der Waals surface area contributed by atoms with Crippen molar-refractivity contribution >= 4 is 45.3 Å². The number of carboxylic acids is 1. The fraction of sp³-hybridized carbons (Fsp3) is 0.471. The highest BCUT2D eigenvalue weighted by molar-refractivity contribution is 7.20. The van der Waals surface area contributed by atoms with Crippen LogP contribution in [-0.2, 0) is 4.79 Å². The molecular formula is C17H19N5O4S. The molecule has 4 rings (SSSR count). The van der Waals surface area contributed by atoms with Gasteiger partial charge in [-0.05, 0) is 38.2 Å². The second-order valence-corrected chi connectivity index (χ2v) is 8.11. The van der Waals surface area contributed by atoms with E-state index in [1.54, 1.807) is 13.8 Å². The van der Waals surface area contributed by atoms with Crippen LogP contribution in [0.2, 0.25) is 0 Å². The number of hydrogen-bond donors (Lipinski definition) is 3. The molecule has 142 valence electrons. The highest BCUT2D eigenvalue weighted by atomic mass is 32.1. The van der Waals surface area contributed by atoms with Crippen molar-refractivity contribution < 1.29 is 19.5 Å². The molecule has 0 spiro atoms. The number of aryl methyl sites for hydroxylation is 1. The first kappa shape index (κ1) is 17.7. The Bertz CT molecular complexity index is 966. The molecular weight excluding hydrogens is 370 g/mol. The van der Waals surface area contributed by atoms with Gasteiger partial charge in [-0.3, -0.25) is 10.1 Å². The number of piperidine rings is 1. The first-order valence-electron chi connectivity index (χ1n) is 8.67. The highest BCUT2D eigenvalue weighted by Gasteiger charge is 2.48. The molecule has 2 aliphatic rings. The maximum atomic E-state index is 12.2. The molecule has 0 bridgehead atoms. The van der Waals surface area contributed by atoms with E-state index in [1.807, 2.05) is 0 Å². The molecule has 2 aromatic heterocycles. The van der Waals surface area contributed by atoms with Crippen LogP contribution in [0.4, 0.5) is 10.6 Å². The molecule has 3 amide bonds. The summed E-state index contributed by atoms with van der Waals surface area (Å²) in [4.78, 5) is 46.8. The molecule has 0 aliphatic carbocycles. The zero-order valence-corrected chi connectivity index (χ0v) is 15.7. The number of hydrogen-bond acceptors (Lipinski definition) is 7. The Hall–Kier alpha value is -2.75. The van der Waals surface area contributed by atoms with E-state index in [4.69, 9.17) is 0 Å². The normalized spacial score (nSPS) is 23.6. The molecule has 10 heteroatoms. The van der Waals surface area contributed by atoms with E-state index in [0.717, 1.165) is 22.5 Å². The first-order chi connectivity index (χ1) is 12.8. The van der Waals surface area contributed by atoms with Gasteiger partial charge >= 0.3 is 12.0 Å². The van der Waals surface area contributed by atoms with E-state index in [1.165, 1.54) is 6.33 Å². The van der Waals surface area contributed by atoms with Gasteiger partial charge in [0, 0.05) is 13.1 Å². The van der Waals surface area contributed by atoms with Gasteiger partial charge in [0.05, 0.1) is 5.39 Å². The van der Waals surface area contributed by atoms with Gasteiger partial charge in [0.2, 0.25) is 0 Å². The van der Waals surface area contributed by atoms with Gasteiger partial charge < -0.3 is 15.3 Å². The maximum absolute atomic E-state index is 12.2. The number of carbonyl (C=O) groups excluding carboxylic acids is 2. The molecule has 4 heterocycles. The Morgan fingerprint density at radius 3 is 2.63 bits per heavy atom. The molecule has 9 nitrogen and oxygen atoms in total. The van der Waals surface area contributed by atoms with Crippen LogP contribution in [0.1, 0.15) is 35.0 Å². The Labute approximate surface area is 158 Å². The molecule has 1 atom stereocenters. The topological polar surface area (TPSA) is 125 Å². The minimum absolute atomic E-state index is 0.0238. The van der Waals surface area contributed by atoms with Crippen molar-refractivity contribution in [3.63, 3.8) is 0 Å². The van der Waals surface area contributed by atoms with E-state index in [-0.39, 0.29) is 16.7 Å². The van der Waals surface area contributed by atoms with Gasteiger partial charge in [0.25, 0.3) is 5.91 Å². The lowest BCUT2D eigenvalue weighted by Gasteiger charge is -2.39. The summed E-state index contributed by atoms with van der Waals surface area (Å²) in [5.74, 6) is -0.494. The Balaban J connectivity index is 1.59. The van der Waals surface area contributed by atoms with Gasteiger partial charge in [-0.2, -0.15) is 0 Å². The van der Waals surface area contributed by atoms with Crippen molar-refractivity contribution in [2.75, 3.05) is 18.0 Å². The molecule has 2 saturated heterocycles. The molecule has 2 aliphatic heterocycles. The van der Waals surface area contributed by atoms with Crippen molar-refractivity contribution in [3.05, 3.63) is 16.8 Å². The summed E-state index contributed by atoms with van der Waals surface area (Å²) < 4.78 is 0. The quantitative estimate of drug-likeness (QED) is 0.680. The Morgan fingerprint density at radius 2 is 2.04 bits per heavy atom. The van der Waals surface area contributed by atoms with Crippen LogP contribution in [0.5, 0.6) is 0 Å². The monoisotopic (exact) mass is 389 g/mol. The second kappa shape index (κ2) is 6.15. The second-order valence-electron chi connectivity index (χ2n) is 7.11. The molecule has 2 aromatic rings. The number of fused-ring (bicyclic) bond motifs is 1. The summed E-state index contributed by atoms with van der Waals surface area (Å²) in [7, 11) is 0. The number of carbonyl (C=O) groups is 3. The van der Waals surface area contributed by atoms with E-state index < -0.39 is 17.5 Å². The van der Waals surface area contributed by atoms with Crippen LogP contribution in [0.3, 0.4) is 0 Å². The highest BCUT2D eigenvalue weighted by Crippen LogP contribution is 2.37. The smallest absolute Gasteiger partial charge is 0.346 e. The summed E-state index contributed by atoms with van der Waals surface area (Å²) in [6, 6.07) is -0.447. The molecule has 0 radical (unpaired) electrons. The minimum Gasteiger partial charge on any atom is -0.477 e. The zero-order chi connectivity index (χ0) is 19.3. The summed E-state index contributed by atoms with van der Waals surface area (Å²) in [5.41, 5.74) is -0.214. The van der Waals surface area contributed by atoms with Crippen molar-refractivity contribution in [2.45, 2.75) is 32.2 Å². The van der Waals surface area contributed by atoms with Crippen LogP contribution in [-0.4, -0.2) is 51.6 Å². The van der Waals surface area contributed by atoms with Crippen molar-refractivity contribution in [1.82, 2.24) is 20.6 Å². The molecule has 0 aromatic carbocycles. The summed E-state index contributed by atoms with van der Waals surface area (Å²) in [6.07, 6.45) is 2.88. The SMILES string of the molecule is Cc1c(C(=O)O)sc2ncnc(N3CCC(C4(C)NC(=O)NC4=O)CC3)c12. The number of amides is 3. The lowest BCUT2D eigenvalue weighted by Crippen LogP contribution is -2.54. The fourth-order valence-electron chi connectivity index (χ4n) is 4.01. The third-order valence-corrected chi connectivity index (χ3v) is 6.77. The number of urea groups is 1. The predicted octanol–water partition coefficient (Wildman–Crippen LogP) is 1.51. The molecule has 1 unspecified atom stereocenters. The minimum atomic E-state index is -0.962. The van der Waals surface area contributed by atoms with E-state index in [0.29, 0.717) is 36.3 Å². The number of rotatable bonds is 3. The fourth-order valence-corrected chi connectivity index (χ4v) is 4.99. The van der Waals surface area contributed by atoms with Gasteiger partial charge in [-0.25, -0.2) is 19.6 Å². The van der Waals surface area contributed by atoms with Crippen LogP contribution in [0.25, 0.3) is 10.2 Å². The number of aromatic carboxylic acids is 1. The number of nitrogens with one attached hydrogen (secondary N) is 2. The van der Waals surface area contributed by atoms with E-state index in [2.05, 4.69) is 25.5 Å². The number of thiophene rings is 1. The standard InChI is InChI=1S/C17H19N5O4S/c1-8-10-12(18-7-19-13(10)27-11(8)14(23)24)22-5-3-9(4-6-22)17(2)15(25)20-16(26)21-17/h7,9H,3-6H2,1-2H3,(H,23,24)(H2,20,21,25,26). The summed E-state index contributed by atoms with van der Waals surface area (Å²) >= 11 is 1.15. The number of nitrogens with zero attached hydrogens (tertiary/aromatic N) is 3. The van der Waals surface area contributed by atoms with Crippen molar-refractivity contribution in [3.8, 4) is 0 Å². The van der Waals surface area contributed by atoms with Gasteiger partial charge in [0.1, 0.15) is 27.4 Å². The van der Waals surface area contributed by atoms with Crippen LogP contribution < -0.4 is 15.5 Å². The molecule has 27 heavy (non-hydrogen) atoms. The first-order valence-corrected chi connectivity index (χ1v) is 9.49. The number of aromatic nitrogens is 2. The van der Waals surface area contributed by atoms with Gasteiger partial charge in [-0.15, -0.1) is 11.3 Å². The molecule has 2 fully saturated rings. The van der Waals surface area contributed by atoms with Crippen molar-refractivity contribution in [1.29, 1.82) is 0 Å². The average Bonchev–Trinajstić information content (AvgIpc) is 3.12. The third kappa shape index (κ3) is 2.71. The lowest BCUT2D eigenvalue weighted by molar-refractivity contribution is -0.125. The van der Waals surface area contributed by atoms with Gasteiger partial charge in [-0.1, -0.05) is 0 Å². The van der Waals surface area contributed by atoms with Crippen LogP contribution in [0.15, 0.2) is 6.33 Å². The zero-order valence-electron chi connectivity index (χ0n) is 14.9. The van der Waals surface area contributed by atoms with Crippen LogP contribution >= 0.6 is 11.3 Å². The Kier molecular flexibility index (Phi) is 4.02. The molecule has 0 saturated carbocycles. The molecule has 3 N–H and O–H groups in total. The van der Waals surface area contributed by atoms with Crippen molar-refractivity contribution in [2.24, 2.45) is 5.92 Å². The summed E-state index contributed by atoms with van der Waals surface area (Å²) in [6.45, 7) is 4.86. The van der Waals surface area contributed by atoms with E-state index >= 15 is 0 Å². The predicted molar refractivity (Wildman–Crippen MR) is 99.1 cm³/mol. The number of imide groups is 1. The number of anilines is 1. The summed E-state index contributed by atoms with van der Waals surface area (Å²) in [5, 5.41) is 15.2. The number of carboxylic acid groups (broad SMARTS) is 1.